The van der Waals surface area contributed by atoms with Gasteiger partial charge in [0.15, 0.2) is 6.61 Å². The highest BCUT2D eigenvalue weighted by Crippen LogP contribution is 2.29. The smallest absolute Gasteiger partial charge is 0.339 e. The molecule has 0 atom stereocenters. The monoisotopic (exact) mass is 388 g/mol. The van der Waals surface area contributed by atoms with E-state index in [0.29, 0.717) is 28.9 Å². The summed E-state index contributed by atoms with van der Waals surface area (Å²) in [6.45, 7) is 4.89. The van der Waals surface area contributed by atoms with Crippen molar-refractivity contribution < 1.29 is 23.8 Å². The minimum atomic E-state index is -1.38. The van der Waals surface area contributed by atoms with Crippen molar-refractivity contribution in [1.82, 2.24) is 5.32 Å². The van der Waals surface area contributed by atoms with Crippen LogP contribution >= 0.6 is 0 Å². The number of carbonyl (C=O) groups excluding carboxylic acids is 2. The number of carbonyl (C=O) groups is 2. The maximum absolute atomic E-state index is 12.5. The highest BCUT2D eigenvalue weighted by Gasteiger charge is 2.15. The molecule has 0 aliphatic rings. The SMILES string of the molecule is CCCCCCc1c(C)c2ccc(OCC(=O)NCC(=O)[O-])c(C)c2oc1=O. The summed E-state index contributed by atoms with van der Waals surface area (Å²) >= 11 is 0. The van der Waals surface area contributed by atoms with E-state index in [9.17, 15) is 19.5 Å². The molecule has 0 spiro atoms. The predicted octanol–water partition coefficient (Wildman–Crippen LogP) is 1.78. The van der Waals surface area contributed by atoms with E-state index in [1.54, 1.807) is 13.0 Å². The number of carboxylic acids is 1. The molecule has 152 valence electrons. The van der Waals surface area contributed by atoms with Crippen LogP contribution in [0, 0.1) is 13.8 Å². The third-order valence-corrected chi connectivity index (χ3v) is 4.72. The molecular formula is C21H26NO6-. The Labute approximate surface area is 163 Å². The molecule has 1 heterocycles. The maximum Gasteiger partial charge on any atom is 0.339 e. The van der Waals surface area contributed by atoms with E-state index >= 15 is 0 Å². The molecule has 0 unspecified atom stereocenters. The van der Waals surface area contributed by atoms with Gasteiger partial charge in [-0.1, -0.05) is 26.2 Å². The number of nitrogens with one attached hydrogen (secondary N) is 1. The summed E-state index contributed by atoms with van der Waals surface area (Å²) in [7, 11) is 0. The van der Waals surface area contributed by atoms with Crippen molar-refractivity contribution in [2.75, 3.05) is 13.2 Å². The molecule has 0 saturated carbocycles. The van der Waals surface area contributed by atoms with Crippen LogP contribution in [0.25, 0.3) is 11.0 Å². The van der Waals surface area contributed by atoms with Crippen molar-refractivity contribution in [3.05, 3.63) is 39.2 Å². The lowest BCUT2D eigenvalue weighted by Gasteiger charge is -2.13. The third-order valence-electron chi connectivity index (χ3n) is 4.72. The van der Waals surface area contributed by atoms with E-state index in [1.807, 2.05) is 13.0 Å². The number of ether oxygens (including phenoxy) is 1. The average molecular weight is 388 g/mol. The van der Waals surface area contributed by atoms with Gasteiger partial charge in [0.25, 0.3) is 5.91 Å². The molecule has 1 amide bonds. The molecule has 0 aliphatic carbocycles. The normalized spacial score (nSPS) is 10.8. The Morgan fingerprint density at radius 1 is 1.14 bits per heavy atom. The minimum absolute atomic E-state index is 0.339. The average Bonchev–Trinajstić information content (AvgIpc) is 2.65. The molecule has 1 N–H and O–H groups in total. The van der Waals surface area contributed by atoms with Crippen molar-refractivity contribution in [3.8, 4) is 5.75 Å². The summed E-state index contributed by atoms with van der Waals surface area (Å²) < 4.78 is 11.0. The van der Waals surface area contributed by atoms with Gasteiger partial charge in [0.2, 0.25) is 0 Å². The number of aliphatic carboxylic acids is 1. The van der Waals surface area contributed by atoms with Crippen molar-refractivity contribution in [2.24, 2.45) is 0 Å². The molecular weight excluding hydrogens is 362 g/mol. The molecule has 2 aromatic rings. The van der Waals surface area contributed by atoms with Gasteiger partial charge in [-0.15, -0.1) is 0 Å². The molecule has 0 radical (unpaired) electrons. The van der Waals surface area contributed by atoms with Crippen LogP contribution in [0.1, 0.15) is 49.3 Å². The van der Waals surface area contributed by atoms with Crippen LogP contribution in [-0.4, -0.2) is 25.0 Å². The fourth-order valence-electron chi connectivity index (χ4n) is 3.11. The van der Waals surface area contributed by atoms with Crippen LogP contribution < -0.4 is 20.8 Å². The van der Waals surface area contributed by atoms with Gasteiger partial charge in [0.05, 0.1) is 12.5 Å². The first-order valence-corrected chi connectivity index (χ1v) is 9.50. The van der Waals surface area contributed by atoms with Crippen LogP contribution in [0.2, 0.25) is 0 Å². The molecule has 1 aromatic carbocycles. The van der Waals surface area contributed by atoms with Crippen molar-refractivity contribution >= 4 is 22.8 Å². The lowest BCUT2D eigenvalue weighted by Crippen LogP contribution is -2.39. The summed E-state index contributed by atoms with van der Waals surface area (Å²) in [5.74, 6) is -1.56. The zero-order valence-electron chi connectivity index (χ0n) is 16.6. The number of amides is 1. The predicted molar refractivity (Wildman–Crippen MR) is 103 cm³/mol. The summed E-state index contributed by atoms with van der Waals surface area (Å²) in [5, 5.41) is 13.4. The molecule has 1 aromatic heterocycles. The quantitative estimate of drug-likeness (QED) is 0.491. The summed E-state index contributed by atoms with van der Waals surface area (Å²) in [6.07, 6.45) is 5.01. The van der Waals surface area contributed by atoms with Crippen LogP contribution in [0.5, 0.6) is 5.75 Å². The van der Waals surface area contributed by atoms with Gasteiger partial charge < -0.3 is 24.4 Å². The molecule has 0 bridgehead atoms. The number of fused-ring (bicyclic) bond motifs is 1. The first-order valence-electron chi connectivity index (χ1n) is 9.50. The van der Waals surface area contributed by atoms with Gasteiger partial charge in [-0.25, -0.2) is 4.79 Å². The lowest BCUT2D eigenvalue weighted by molar-refractivity contribution is -0.304. The Hall–Kier alpha value is -2.83. The van der Waals surface area contributed by atoms with Crippen LogP contribution in [0.15, 0.2) is 21.3 Å². The summed E-state index contributed by atoms with van der Waals surface area (Å²) in [4.78, 5) is 34.4. The number of benzene rings is 1. The second-order valence-corrected chi connectivity index (χ2v) is 6.81. The number of aryl methyl sites for hydroxylation is 2. The summed E-state index contributed by atoms with van der Waals surface area (Å²) in [5.41, 5.74) is 2.33. The van der Waals surface area contributed by atoms with Crippen LogP contribution in [-0.2, 0) is 16.0 Å². The fraction of sp³-hybridized carbons (Fsp3) is 0.476. The van der Waals surface area contributed by atoms with E-state index < -0.39 is 18.4 Å². The Bertz CT molecular complexity index is 915. The van der Waals surface area contributed by atoms with E-state index in [1.165, 1.54) is 0 Å². The Morgan fingerprint density at radius 3 is 2.57 bits per heavy atom. The van der Waals surface area contributed by atoms with Crippen LogP contribution in [0.4, 0.5) is 0 Å². The Morgan fingerprint density at radius 2 is 1.89 bits per heavy atom. The number of rotatable bonds is 10. The van der Waals surface area contributed by atoms with Crippen molar-refractivity contribution in [1.29, 1.82) is 0 Å². The van der Waals surface area contributed by atoms with E-state index in [4.69, 9.17) is 9.15 Å². The lowest BCUT2D eigenvalue weighted by atomic mass is 9.99. The molecule has 0 aliphatic heterocycles. The van der Waals surface area contributed by atoms with E-state index in [0.717, 1.165) is 36.6 Å². The zero-order chi connectivity index (χ0) is 20.7. The van der Waals surface area contributed by atoms with E-state index in [2.05, 4.69) is 12.2 Å². The van der Waals surface area contributed by atoms with Gasteiger partial charge in [-0.05, 0) is 44.4 Å². The largest absolute Gasteiger partial charge is 0.548 e. The minimum Gasteiger partial charge on any atom is -0.548 e. The van der Waals surface area contributed by atoms with Gasteiger partial charge in [-0.3, -0.25) is 4.79 Å². The van der Waals surface area contributed by atoms with Gasteiger partial charge >= 0.3 is 5.63 Å². The number of hydrogen-bond acceptors (Lipinski definition) is 6. The standard InChI is InChI=1S/C21H27NO6/c1-4-5-6-7-8-16-13(2)15-9-10-17(14(3)20(15)28-21(16)26)27-12-18(23)22-11-19(24)25/h9-10H,4-8,11-12H2,1-3H3,(H,22,23)(H,24,25)/p-1. The Kier molecular flexibility index (Phi) is 7.61. The Balaban J connectivity index is 2.20. The number of unbranched alkanes of at least 4 members (excludes halogenated alkanes) is 3. The van der Waals surface area contributed by atoms with Gasteiger partial charge in [0, 0.05) is 16.5 Å². The van der Waals surface area contributed by atoms with Crippen molar-refractivity contribution in [2.45, 2.75) is 52.9 Å². The number of carboxylic acid groups (broad SMARTS) is 1. The molecule has 7 nitrogen and oxygen atoms in total. The van der Waals surface area contributed by atoms with Gasteiger partial charge in [-0.2, -0.15) is 0 Å². The first kappa shape index (κ1) is 21.5. The molecule has 0 fully saturated rings. The molecule has 0 saturated heterocycles. The number of hydrogen-bond donors (Lipinski definition) is 1. The fourth-order valence-corrected chi connectivity index (χ4v) is 3.11. The molecule has 7 heteroatoms. The maximum atomic E-state index is 12.5. The van der Waals surface area contributed by atoms with Crippen LogP contribution in [0.3, 0.4) is 0 Å². The topological polar surface area (TPSA) is 109 Å². The second-order valence-electron chi connectivity index (χ2n) is 6.81. The molecule has 28 heavy (non-hydrogen) atoms. The van der Waals surface area contributed by atoms with E-state index in [-0.39, 0.29) is 12.2 Å². The second kappa shape index (κ2) is 9.92. The third kappa shape index (κ3) is 5.34. The van der Waals surface area contributed by atoms with Crippen molar-refractivity contribution in [3.63, 3.8) is 0 Å². The first-order chi connectivity index (χ1) is 13.3. The molecule has 2 rings (SSSR count). The highest BCUT2D eigenvalue weighted by atomic mass is 16.5. The summed E-state index contributed by atoms with van der Waals surface area (Å²) in [6, 6.07) is 3.53. The highest BCUT2D eigenvalue weighted by molar-refractivity contribution is 5.86. The van der Waals surface area contributed by atoms with Gasteiger partial charge in [0.1, 0.15) is 11.3 Å². The zero-order valence-corrected chi connectivity index (χ0v) is 16.6.